The zero-order valence-corrected chi connectivity index (χ0v) is 20.1. The van der Waals surface area contributed by atoms with Crippen LogP contribution in [-0.4, -0.2) is 56.0 Å². The molecular formula is C26H31N3O6. The maximum absolute atomic E-state index is 13.0. The van der Waals surface area contributed by atoms with E-state index in [1.165, 1.54) is 7.11 Å². The van der Waals surface area contributed by atoms with E-state index in [-0.39, 0.29) is 17.7 Å². The Morgan fingerprint density at radius 1 is 1.06 bits per heavy atom. The highest BCUT2D eigenvalue weighted by atomic mass is 16.5. The number of benzene rings is 2. The Labute approximate surface area is 204 Å². The molecule has 4 rings (SSSR count). The molecule has 9 nitrogen and oxygen atoms in total. The Hall–Kier alpha value is -3.75. The van der Waals surface area contributed by atoms with E-state index >= 15 is 0 Å². The quantitative estimate of drug-likeness (QED) is 0.500. The van der Waals surface area contributed by atoms with Crippen molar-refractivity contribution in [2.75, 3.05) is 38.0 Å². The fourth-order valence-corrected chi connectivity index (χ4v) is 4.41. The van der Waals surface area contributed by atoms with Crippen LogP contribution in [0.5, 0.6) is 17.2 Å². The summed E-state index contributed by atoms with van der Waals surface area (Å²) in [6, 6.07) is 10.1. The second-order valence-corrected chi connectivity index (χ2v) is 8.63. The zero-order chi connectivity index (χ0) is 24.8. The summed E-state index contributed by atoms with van der Waals surface area (Å²) in [6.45, 7) is 1.00. The Bertz CT molecular complexity index is 1090. The summed E-state index contributed by atoms with van der Waals surface area (Å²) in [5.41, 5.74) is 1.59. The van der Waals surface area contributed by atoms with Gasteiger partial charge in [-0.25, -0.2) is 0 Å². The van der Waals surface area contributed by atoms with E-state index in [9.17, 15) is 14.4 Å². The molecule has 35 heavy (non-hydrogen) atoms. The summed E-state index contributed by atoms with van der Waals surface area (Å²) in [7, 11) is 3.12. The highest BCUT2D eigenvalue weighted by molar-refractivity contribution is 6.10. The first kappa shape index (κ1) is 24.4. The van der Waals surface area contributed by atoms with Crippen LogP contribution < -0.4 is 24.8 Å². The van der Waals surface area contributed by atoms with Crippen molar-refractivity contribution in [3.05, 3.63) is 42.0 Å². The maximum atomic E-state index is 13.0. The molecule has 1 fully saturated rings. The normalized spacial score (nSPS) is 16.6. The van der Waals surface area contributed by atoms with E-state index in [0.717, 1.165) is 37.1 Å². The minimum atomic E-state index is -0.424. The fraction of sp³-hybridized carbons (Fsp3) is 0.423. The molecule has 0 bridgehead atoms. The molecule has 2 aromatic rings. The molecule has 1 atom stereocenters. The van der Waals surface area contributed by atoms with Crippen molar-refractivity contribution < 1.29 is 28.6 Å². The van der Waals surface area contributed by atoms with Gasteiger partial charge in [0.05, 0.1) is 32.1 Å². The molecular weight excluding hydrogens is 450 g/mol. The third-order valence-corrected chi connectivity index (χ3v) is 6.29. The van der Waals surface area contributed by atoms with Crippen molar-refractivity contribution in [3.8, 4) is 17.2 Å². The largest absolute Gasteiger partial charge is 0.497 e. The highest BCUT2D eigenvalue weighted by Crippen LogP contribution is 2.37. The Balaban J connectivity index is 1.26. The topological polar surface area (TPSA) is 106 Å². The van der Waals surface area contributed by atoms with Gasteiger partial charge in [0.1, 0.15) is 11.8 Å². The summed E-state index contributed by atoms with van der Waals surface area (Å²) in [5, 5.41) is 5.75. The van der Waals surface area contributed by atoms with E-state index in [0.29, 0.717) is 48.7 Å². The van der Waals surface area contributed by atoms with E-state index in [4.69, 9.17) is 14.2 Å². The monoisotopic (exact) mass is 481 g/mol. The van der Waals surface area contributed by atoms with Gasteiger partial charge in [-0.05, 0) is 62.4 Å². The average Bonchev–Trinajstić information content (AvgIpc) is 3.33. The number of carbonyl (C=O) groups excluding carboxylic acids is 3. The van der Waals surface area contributed by atoms with Gasteiger partial charge in [-0.15, -0.1) is 0 Å². The van der Waals surface area contributed by atoms with Crippen molar-refractivity contribution in [1.82, 2.24) is 4.90 Å². The standard InChI is InChI=1S/C26H31N3O6/c1-33-18-11-9-17(10-12-18)27-24(30)8-4-3-5-14-35-23-16-20-19(15-22(23)34-2)26(32)29-13-6-7-21(29)25(31)28-20/h9-12,15-16,21H,3-8,13-14H2,1-2H3,(H,27,30)(H,28,31)/t21-/m0/s1. The number of rotatable bonds is 10. The minimum Gasteiger partial charge on any atom is -0.497 e. The molecule has 9 heteroatoms. The molecule has 1 saturated heterocycles. The van der Waals surface area contributed by atoms with Crippen LogP contribution >= 0.6 is 0 Å². The average molecular weight is 482 g/mol. The smallest absolute Gasteiger partial charge is 0.256 e. The molecule has 0 unspecified atom stereocenters. The van der Waals surface area contributed by atoms with E-state index < -0.39 is 6.04 Å². The van der Waals surface area contributed by atoms with Gasteiger partial charge in [0.15, 0.2) is 11.5 Å². The number of nitrogens with zero attached hydrogens (tertiary/aromatic N) is 1. The van der Waals surface area contributed by atoms with Gasteiger partial charge in [0, 0.05) is 24.7 Å². The van der Waals surface area contributed by atoms with Crippen LogP contribution in [0.2, 0.25) is 0 Å². The summed E-state index contributed by atoms with van der Waals surface area (Å²) in [5.74, 6) is 1.28. The fourth-order valence-electron chi connectivity index (χ4n) is 4.41. The third kappa shape index (κ3) is 5.67. The van der Waals surface area contributed by atoms with Crippen molar-refractivity contribution in [1.29, 1.82) is 0 Å². The molecule has 186 valence electrons. The molecule has 2 aliphatic heterocycles. The van der Waals surface area contributed by atoms with Crippen molar-refractivity contribution in [2.45, 2.75) is 44.6 Å². The predicted octanol–water partition coefficient (Wildman–Crippen LogP) is 3.84. The number of amides is 3. The number of methoxy groups -OCH3 is 2. The Morgan fingerprint density at radius 2 is 1.86 bits per heavy atom. The minimum absolute atomic E-state index is 0.0376. The number of nitrogens with one attached hydrogen (secondary N) is 2. The SMILES string of the molecule is COc1ccc(NC(=O)CCCCCOc2cc3c(cc2OC)C(=O)N2CCC[C@H]2C(=O)N3)cc1. The first-order valence-electron chi connectivity index (χ1n) is 11.9. The summed E-state index contributed by atoms with van der Waals surface area (Å²) >= 11 is 0. The lowest BCUT2D eigenvalue weighted by Crippen LogP contribution is -2.40. The molecule has 0 radical (unpaired) electrons. The lowest BCUT2D eigenvalue weighted by Gasteiger charge is -2.20. The van der Waals surface area contributed by atoms with Crippen LogP contribution in [0.15, 0.2) is 36.4 Å². The molecule has 0 aromatic heterocycles. The summed E-state index contributed by atoms with van der Waals surface area (Å²) in [4.78, 5) is 39.3. The van der Waals surface area contributed by atoms with Crippen LogP contribution in [-0.2, 0) is 9.59 Å². The third-order valence-electron chi connectivity index (χ3n) is 6.29. The van der Waals surface area contributed by atoms with Crippen LogP contribution in [0.25, 0.3) is 0 Å². The Morgan fingerprint density at radius 3 is 2.60 bits per heavy atom. The first-order valence-corrected chi connectivity index (χ1v) is 11.9. The molecule has 0 saturated carbocycles. The molecule has 2 aliphatic rings. The number of ether oxygens (including phenoxy) is 3. The number of hydrogen-bond acceptors (Lipinski definition) is 6. The van der Waals surface area contributed by atoms with Crippen LogP contribution in [0.4, 0.5) is 11.4 Å². The predicted molar refractivity (Wildman–Crippen MR) is 131 cm³/mol. The van der Waals surface area contributed by atoms with Crippen molar-refractivity contribution in [3.63, 3.8) is 0 Å². The Kier molecular flexibility index (Phi) is 7.74. The molecule has 0 aliphatic carbocycles. The molecule has 3 amide bonds. The van der Waals surface area contributed by atoms with E-state index in [1.807, 2.05) is 0 Å². The van der Waals surface area contributed by atoms with Gasteiger partial charge in [-0.3, -0.25) is 14.4 Å². The second-order valence-electron chi connectivity index (χ2n) is 8.63. The van der Waals surface area contributed by atoms with Crippen molar-refractivity contribution >= 4 is 29.1 Å². The lowest BCUT2D eigenvalue weighted by atomic mass is 10.1. The molecule has 2 N–H and O–H groups in total. The summed E-state index contributed by atoms with van der Waals surface area (Å²) in [6.07, 6.45) is 4.20. The maximum Gasteiger partial charge on any atom is 0.256 e. The second kappa shape index (κ2) is 11.1. The number of carbonyl (C=O) groups is 3. The number of fused-ring (bicyclic) bond motifs is 2. The molecule has 2 heterocycles. The first-order chi connectivity index (χ1) is 17.0. The van der Waals surface area contributed by atoms with Gasteiger partial charge in [-0.2, -0.15) is 0 Å². The van der Waals surface area contributed by atoms with Gasteiger partial charge >= 0.3 is 0 Å². The van der Waals surface area contributed by atoms with E-state index in [2.05, 4.69) is 10.6 Å². The van der Waals surface area contributed by atoms with Crippen LogP contribution in [0, 0.1) is 0 Å². The van der Waals surface area contributed by atoms with Gasteiger partial charge < -0.3 is 29.7 Å². The zero-order valence-electron chi connectivity index (χ0n) is 20.1. The highest BCUT2D eigenvalue weighted by Gasteiger charge is 2.39. The van der Waals surface area contributed by atoms with Gasteiger partial charge in [0.25, 0.3) is 5.91 Å². The number of unbranched alkanes of at least 4 members (excludes halogenated alkanes) is 2. The van der Waals surface area contributed by atoms with Gasteiger partial charge in [0.2, 0.25) is 11.8 Å². The van der Waals surface area contributed by atoms with Crippen LogP contribution in [0.1, 0.15) is 48.9 Å². The van der Waals surface area contributed by atoms with Crippen molar-refractivity contribution in [2.24, 2.45) is 0 Å². The molecule has 0 spiro atoms. The number of hydrogen-bond donors (Lipinski definition) is 2. The lowest BCUT2D eigenvalue weighted by molar-refractivity contribution is -0.119. The molecule has 2 aromatic carbocycles. The summed E-state index contributed by atoms with van der Waals surface area (Å²) < 4.78 is 16.5. The van der Waals surface area contributed by atoms with Gasteiger partial charge in [-0.1, -0.05) is 0 Å². The van der Waals surface area contributed by atoms with E-state index in [1.54, 1.807) is 48.4 Å². The van der Waals surface area contributed by atoms with Crippen LogP contribution in [0.3, 0.4) is 0 Å². The number of anilines is 2.